The molecule has 2 aromatic heterocycles. The van der Waals surface area contributed by atoms with Gasteiger partial charge in [0.1, 0.15) is 29.7 Å². The first-order valence-corrected chi connectivity index (χ1v) is 16.7. The molecular weight excluding hydrogens is 657 g/mol. The molecule has 3 aliphatic heterocycles. The second-order valence-electron chi connectivity index (χ2n) is 12.7. The number of nitrogens with zero attached hydrogens (tertiary/aromatic N) is 6. The molecule has 258 valence electrons. The number of carboxylic acid groups (broad SMARTS) is 1. The number of carbonyl (C=O) groups is 2. The molecule has 3 saturated heterocycles. The van der Waals surface area contributed by atoms with E-state index in [0.29, 0.717) is 66.4 Å². The van der Waals surface area contributed by atoms with Crippen molar-refractivity contribution in [2.24, 2.45) is 0 Å². The van der Waals surface area contributed by atoms with E-state index >= 15 is 4.39 Å². The highest BCUT2D eigenvalue weighted by Gasteiger charge is 2.43. The number of aromatic nitrogens is 3. The van der Waals surface area contributed by atoms with Crippen LogP contribution in [0.2, 0.25) is 5.02 Å². The standard InChI is InChI=1S/C34H37ClFN7O6/c1-41-17-23(49-33(44)37-11-12-47-2)13-22(41)18-48-32-39-30-25(31(40-32)42-15-20-9-10-21(16-42)43(20)34(45)46)14-38-29(28(30)36)24-7-3-5-19-6-4-8-26(35)27(19)24/h3-8,14,20-23H,9-13,15-18H2,1-2H3,(H,37,44)(H,45,46)/t20-,21?,22-,23+/m0/s1. The van der Waals surface area contributed by atoms with Crippen molar-refractivity contribution in [1.82, 2.24) is 30.1 Å². The van der Waals surface area contributed by atoms with Crippen molar-refractivity contribution in [2.75, 3.05) is 58.5 Å². The van der Waals surface area contributed by atoms with Crippen molar-refractivity contribution >= 4 is 51.3 Å². The molecule has 1 unspecified atom stereocenters. The summed E-state index contributed by atoms with van der Waals surface area (Å²) in [7, 11) is 3.47. The number of likely N-dealkylation sites (tertiary alicyclic amines) is 1. The molecule has 0 saturated carbocycles. The monoisotopic (exact) mass is 693 g/mol. The Morgan fingerprint density at radius 1 is 1.10 bits per heavy atom. The molecule has 0 spiro atoms. The number of fused-ring (bicyclic) bond motifs is 4. The number of benzene rings is 2. The molecule has 7 rings (SSSR count). The van der Waals surface area contributed by atoms with Gasteiger partial charge in [-0.25, -0.2) is 14.0 Å². The predicted octanol–water partition coefficient (Wildman–Crippen LogP) is 4.79. The maximum absolute atomic E-state index is 16.7. The Labute approximate surface area is 286 Å². The molecule has 2 amide bonds. The third-order valence-electron chi connectivity index (χ3n) is 9.66. The van der Waals surface area contributed by atoms with Crippen molar-refractivity contribution in [1.29, 1.82) is 0 Å². The Hall–Kier alpha value is -4.53. The number of alkyl carbamates (subject to hydrolysis) is 1. The summed E-state index contributed by atoms with van der Waals surface area (Å²) in [5.74, 6) is -0.207. The van der Waals surface area contributed by atoms with Gasteiger partial charge in [0, 0.05) is 67.9 Å². The number of rotatable bonds is 9. The summed E-state index contributed by atoms with van der Waals surface area (Å²) >= 11 is 6.60. The summed E-state index contributed by atoms with van der Waals surface area (Å²) in [5, 5.41) is 14.9. The van der Waals surface area contributed by atoms with Gasteiger partial charge in [0.15, 0.2) is 5.82 Å². The van der Waals surface area contributed by atoms with Crippen LogP contribution >= 0.6 is 11.6 Å². The molecule has 4 atom stereocenters. The van der Waals surface area contributed by atoms with Crippen LogP contribution in [0.5, 0.6) is 6.01 Å². The number of anilines is 1. The highest BCUT2D eigenvalue weighted by Crippen LogP contribution is 2.39. The minimum Gasteiger partial charge on any atom is -0.465 e. The number of carbonyl (C=O) groups excluding carboxylic acids is 1. The van der Waals surface area contributed by atoms with Gasteiger partial charge in [-0.15, -0.1) is 0 Å². The fraction of sp³-hybridized carbons (Fsp3) is 0.441. The van der Waals surface area contributed by atoms with Gasteiger partial charge in [0.2, 0.25) is 0 Å². The van der Waals surface area contributed by atoms with Crippen molar-refractivity contribution in [3.8, 4) is 17.3 Å². The number of hydrogen-bond acceptors (Lipinski definition) is 10. The molecule has 0 radical (unpaired) electrons. The number of halogens is 2. The highest BCUT2D eigenvalue weighted by atomic mass is 35.5. The Morgan fingerprint density at radius 3 is 2.59 bits per heavy atom. The molecule has 4 aromatic rings. The molecule has 5 heterocycles. The normalized spacial score (nSPS) is 22.2. The lowest BCUT2D eigenvalue weighted by atomic mass is 10.0. The van der Waals surface area contributed by atoms with Crippen LogP contribution < -0.4 is 15.0 Å². The summed E-state index contributed by atoms with van der Waals surface area (Å²) in [5.41, 5.74) is 0.663. The number of nitrogens with one attached hydrogen (secondary N) is 1. The summed E-state index contributed by atoms with van der Waals surface area (Å²) < 4.78 is 33.4. The van der Waals surface area contributed by atoms with Gasteiger partial charge >= 0.3 is 18.2 Å². The molecule has 2 N–H and O–H groups in total. The Morgan fingerprint density at radius 2 is 1.86 bits per heavy atom. The van der Waals surface area contributed by atoms with Crippen LogP contribution in [-0.4, -0.2) is 120 Å². The van der Waals surface area contributed by atoms with Gasteiger partial charge in [0.25, 0.3) is 0 Å². The first-order chi connectivity index (χ1) is 23.7. The number of amides is 2. The summed E-state index contributed by atoms with van der Waals surface area (Å²) in [4.78, 5) is 43.6. The zero-order valence-electron chi connectivity index (χ0n) is 27.1. The van der Waals surface area contributed by atoms with Crippen LogP contribution in [0.15, 0.2) is 42.6 Å². The number of hydrogen-bond donors (Lipinski definition) is 2. The van der Waals surface area contributed by atoms with Crippen molar-refractivity contribution in [3.63, 3.8) is 0 Å². The van der Waals surface area contributed by atoms with Gasteiger partial charge in [-0.05, 0) is 31.3 Å². The molecule has 0 aliphatic carbocycles. The van der Waals surface area contributed by atoms with E-state index in [1.807, 2.05) is 41.1 Å². The Kier molecular flexibility index (Phi) is 9.27. The number of likely N-dealkylation sites (N-methyl/N-ethyl adjacent to an activating group) is 1. The lowest BCUT2D eigenvalue weighted by Crippen LogP contribution is -2.55. The lowest BCUT2D eigenvalue weighted by Gasteiger charge is -2.40. The lowest BCUT2D eigenvalue weighted by molar-refractivity contribution is 0.0988. The van der Waals surface area contributed by atoms with Crippen molar-refractivity contribution in [3.05, 3.63) is 53.4 Å². The summed E-state index contributed by atoms with van der Waals surface area (Å²) in [6, 6.07) is 10.5. The number of ether oxygens (including phenoxy) is 3. The third-order valence-corrected chi connectivity index (χ3v) is 9.97. The summed E-state index contributed by atoms with van der Waals surface area (Å²) in [6.45, 7) is 2.21. The molecule has 2 bridgehead atoms. The van der Waals surface area contributed by atoms with E-state index in [9.17, 15) is 14.7 Å². The molecule has 3 fully saturated rings. The Balaban J connectivity index is 1.21. The van der Waals surface area contributed by atoms with Gasteiger partial charge in [0.05, 0.1) is 24.1 Å². The number of pyridine rings is 1. The van der Waals surface area contributed by atoms with E-state index in [4.69, 9.17) is 30.8 Å². The van der Waals surface area contributed by atoms with E-state index < -0.39 is 18.0 Å². The predicted molar refractivity (Wildman–Crippen MR) is 181 cm³/mol. The van der Waals surface area contributed by atoms with Crippen molar-refractivity contribution < 1.29 is 33.3 Å². The van der Waals surface area contributed by atoms with Gasteiger partial charge in [-0.1, -0.05) is 41.9 Å². The SMILES string of the molecule is COCCNC(=O)O[C@@H]1C[C@@H](COc2nc(N3CC4CC[C@@H](C3)N4C(=O)O)c3cnc(-c4cccc5cccc(Cl)c45)c(F)c3n2)N(C)C1. The molecule has 49 heavy (non-hydrogen) atoms. The van der Waals surface area contributed by atoms with Crippen LogP contribution in [0.3, 0.4) is 0 Å². The number of methoxy groups -OCH3 is 1. The smallest absolute Gasteiger partial charge is 0.407 e. The van der Waals surface area contributed by atoms with Crippen molar-refractivity contribution in [2.45, 2.75) is 43.5 Å². The van der Waals surface area contributed by atoms with Crippen LogP contribution in [0.25, 0.3) is 32.9 Å². The molecular formula is C34H37ClFN7O6. The van der Waals surface area contributed by atoms with E-state index in [0.717, 1.165) is 18.2 Å². The largest absolute Gasteiger partial charge is 0.465 e. The highest BCUT2D eigenvalue weighted by molar-refractivity contribution is 6.36. The topological polar surface area (TPSA) is 142 Å². The quantitative estimate of drug-likeness (QED) is 0.234. The van der Waals surface area contributed by atoms with Gasteiger partial charge in [-0.3, -0.25) is 14.8 Å². The van der Waals surface area contributed by atoms with Crippen LogP contribution in [0, 0.1) is 5.82 Å². The third kappa shape index (κ3) is 6.47. The van der Waals surface area contributed by atoms with Gasteiger partial charge < -0.3 is 29.5 Å². The second-order valence-corrected chi connectivity index (χ2v) is 13.1. The fourth-order valence-electron chi connectivity index (χ4n) is 7.32. The molecule has 15 heteroatoms. The number of piperazine rings is 1. The zero-order chi connectivity index (χ0) is 34.2. The second kappa shape index (κ2) is 13.8. The molecule has 2 aromatic carbocycles. The average molecular weight is 694 g/mol. The van der Waals surface area contributed by atoms with E-state index in [1.54, 1.807) is 25.4 Å². The first-order valence-electron chi connectivity index (χ1n) is 16.3. The first kappa shape index (κ1) is 33.0. The van der Waals surface area contributed by atoms with Crippen LogP contribution in [0.4, 0.5) is 19.8 Å². The fourth-order valence-corrected chi connectivity index (χ4v) is 7.61. The summed E-state index contributed by atoms with van der Waals surface area (Å²) in [6.07, 6.45) is 1.78. The van der Waals surface area contributed by atoms with E-state index in [2.05, 4.69) is 15.3 Å². The van der Waals surface area contributed by atoms with Gasteiger partial charge in [-0.2, -0.15) is 9.97 Å². The minimum atomic E-state index is -0.940. The minimum absolute atomic E-state index is 0.0161. The van der Waals surface area contributed by atoms with Crippen LogP contribution in [-0.2, 0) is 9.47 Å². The maximum Gasteiger partial charge on any atom is 0.407 e. The maximum atomic E-state index is 16.7. The van der Waals surface area contributed by atoms with Crippen LogP contribution in [0.1, 0.15) is 19.3 Å². The molecule has 13 nitrogen and oxygen atoms in total. The molecule has 3 aliphatic rings. The van der Waals surface area contributed by atoms with E-state index in [1.165, 1.54) is 4.90 Å². The zero-order valence-corrected chi connectivity index (χ0v) is 27.9. The Bertz CT molecular complexity index is 1880. The average Bonchev–Trinajstić information content (AvgIpc) is 3.57. The van der Waals surface area contributed by atoms with E-state index in [-0.39, 0.29) is 48.1 Å².